The van der Waals surface area contributed by atoms with Crippen molar-refractivity contribution in [2.24, 2.45) is 0 Å². The van der Waals surface area contributed by atoms with Crippen LogP contribution in [-0.4, -0.2) is 23.5 Å². The van der Waals surface area contributed by atoms with E-state index in [-0.39, 0.29) is 18.4 Å². The van der Waals surface area contributed by atoms with Crippen molar-refractivity contribution < 1.29 is 9.59 Å². The molecule has 0 fully saturated rings. The second-order valence-corrected chi connectivity index (χ2v) is 4.85. The molecule has 1 aromatic heterocycles. The zero-order chi connectivity index (χ0) is 16.7. The van der Waals surface area contributed by atoms with Crippen LogP contribution in [0.2, 0.25) is 0 Å². The van der Waals surface area contributed by atoms with Gasteiger partial charge in [-0.25, -0.2) is 9.78 Å². The van der Waals surface area contributed by atoms with Gasteiger partial charge in [0.05, 0.1) is 6.42 Å². The highest BCUT2D eigenvalue weighted by atomic mass is 16.2. The lowest BCUT2D eigenvalue weighted by molar-refractivity contribution is -0.120. The number of benzene rings is 1. The molecule has 0 unspecified atom stereocenters. The fraction of sp³-hybridized carbons (Fsp3) is 0.235. The monoisotopic (exact) mass is 310 g/mol. The maximum Gasteiger partial charge on any atom is 0.320 e. The van der Waals surface area contributed by atoms with Crippen LogP contribution in [0.1, 0.15) is 18.9 Å². The van der Waals surface area contributed by atoms with Gasteiger partial charge in [-0.2, -0.15) is 0 Å². The van der Waals surface area contributed by atoms with Crippen molar-refractivity contribution in [2.45, 2.75) is 19.9 Å². The first-order valence-corrected chi connectivity index (χ1v) is 7.26. The zero-order valence-corrected chi connectivity index (χ0v) is 12.8. The first-order chi connectivity index (χ1) is 11.1. The number of carbonyl (C=O) groups excluding carboxylic acids is 2. The van der Waals surface area contributed by atoms with Crippen LogP contribution in [-0.2, 0) is 11.3 Å². The van der Waals surface area contributed by atoms with Gasteiger partial charge < -0.3 is 10.6 Å². The van der Waals surface area contributed by atoms with Gasteiger partial charge in [0, 0.05) is 24.7 Å². The summed E-state index contributed by atoms with van der Waals surface area (Å²) in [4.78, 5) is 27.2. The van der Waals surface area contributed by atoms with Crippen molar-refractivity contribution in [1.29, 1.82) is 0 Å². The smallest absolute Gasteiger partial charge is 0.320 e. The van der Waals surface area contributed by atoms with Crippen molar-refractivity contribution in [3.05, 3.63) is 36.0 Å². The maximum atomic E-state index is 11.5. The molecule has 0 aliphatic rings. The lowest BCUT2D eigenvalue weighted by atomic mass is 10.1. The van der Waals surface area contributed by atoms with Crippen molar-refractivity contribution >= 4 is 28.5 Å². The molecule has 0 bridgehead atoms. The number of hydrogen-bond acceptors (Lipinski definition) is 3. The van der Waals surface area contributed by atoms with Gasteiger partial charge in [0.25, 0.3) is 0 Å². The Morgan fingerprint density at radius 3 is 2.87 bits per heavy atom. The van der Waals surface area contributed by atoms with Crippen LogP contribution >= 0.6 is 0 Å². The number of carbonyl (C=O) groups is 2. The zero-order valence-electron chi connectivity index (χ0n) is 12.8. The molecule has 6 nitrogen and oxygen atoms in total. The predicted octanol–water partition coefficient (Wildman–Crippen LogP) is 2.02. The summed E-state index contributed by atoms with van der Waals surface area (Å²) in [5.41, 5.74) is 0.935. The fourth-order valence-electron chi connectivity index (χ4n) is 2.13. The Morgan fingerprint density at radius 2 is 2.13 bits per heavy atom. The van der Waals surface area contributed by atoms with Crippen LogP contribution in [0.25, 0.3) is 10.8 Å². The first kappa shape index (κ1) is 16.3. The van der Waals surface area contributed by atoms with Crippen LogP contribution in [0.4, 0.5) is 10.6 Å². The number of nitrogens with one attached hydrogen (secondary N) is 3. The lowest BCUT2D eigenvalue weighted by Crippen LogP contribution is -2.28. The third-order valence-corrected chi connectivity index (χ3v) is 3.17. The van der Waals surface area contributed by atoms with E-state index in [0.29, 0.717) is 18.9 Å². The minimum atomic E-state index is -0.294. The number of nitrogens with zero attached hydrogens (tertiary/aromatic N) is 1. The Labute approximate surface area is 134 Å². The standard InChI is InChI=1S/C17H18N4O2/c1-3-6-16(22)20-10-13-8-5-7-12-9-15(19-11-14(12)13)21-17(23)18-4-2/h1,5,7-9,11H,4,6,10H2,2H3,(H,20,22)(H2,18,19,21,23). The molecule has 0 saturated heterocycles. The third-order valence-electron chi connectivity index (χ3n) is 3.17. The SMILES string of the molecule is C#CCC(=O)NCc1cccc2cc(NC(=O)NCC)ncc12. The Bertz CT molecular complexity index is 765. The molecule has 1 heterocycles. The summed E-state index contributed by atoms with van der Waals surface area (Å²) in [5.74, 6) is 2.59. The topological polar surface area (TPSA) is 83.1 Å². The molecule has 3 amide bonds. The number of hydrogen-bond donors (Lipinski definition) is 3. The molecule has 0 atom stereocenters. The average Bonchev–Trinajstić information content (AvgIpc) is 2.53. The predicted molar refractivity (Wildman–Crippen MR) is 89.7 cm³/mol. The molecule has 0 aliphatic carbocycles. The van der Waals surface area contributed by atoms with Crippen molar-refractivity contribution in [2.75, 3.05) is 11.9 Å². The number of terminal acetylenes is 1. The minimum absolute atomic E-state index is 0.0592. The Kier molecular flexibility index (Phi) is 5.53. The molecule has 1 aromatic carbocycles. The number of amides is 3. The van der Waals surface area contributed by atoms with E-state index in [4.69, 9.17) is 6.42 Å². The van der Waals surface area contributed by atoms with Crippen LogP contribution in [0.15, 0.2) is 30.5 Å². The quantitative estimate of drug-likeness (QED) is 0.739. The lowest BCUT2D eigenvalue weighted by Gasteiger charge is -2.09. The van der Waals surface area contributed by atoms with E-state index in [1.165, 1.54) is 0 Å². The number of urea groups is 1. The van der Waals surface area contributed by atoms with E-state index in [9.17, 15) is 9.59 Å². The van der Waals surface area contributed by atoms with Gasteiger partial charge >= 0.3 is 6.03 Å². The number of anilines is 1. The first-order valence-electron chi connectivity index (χ1n) is 7.26. The highest BCUT2D eigenvalue weighted by Gasteiger charge is 2.06. The van der Waals surface area contributed by atoms with Crippen molar-refractivity contribution in [3.8, 4) is 12.3 Å². The van der Waals surface area contributed by atoms with Crippen molar-refractivity contribution in [1.82, 2.24) is 15.6 Å². The molecular weight excluding hydrogens is 292 g/mol. The summed E-state index contributed by atoms with van der Waals surface area (Å²) in [6.07, 6.45) is 6.85. The second kappa shape index (κ2) is 7.80. The third kappa shape index (κ3) is 4.45. The van der Waals surface area contributed by atoms with Crippen molar-refractivity contribution in [3.63, 3.8) is 0 Å². The number of fused-ring (bicyclic) bond motifs is 1. The van der Waals surface area contributed by atoms with Crippen LogP contribution in [0.3, 0.4) is 0 Å². The molecule has 0 aliphatic heterocycles. The fourth-order valence-corrected chi connectivity index (χ4v) is 2.13. The largest absolute Gasteiger partial charge is 0.351 e. The second-order valence-electron chi connectivity index (χ2n) is 4.85. The molecule has 0 radical (unpaired) electrons. The molecule has 23 heavy (non-hydrogen) atoms. The number of pyridine rings is 1. The van der Waals surface area contributed by atoms with Gasteiger partial charge in [0.2, 0.25) is 5.91 Å². The minimum Gasteiger partial charge on any atom is -0.351 e. The summed E-state index contributed by atoms with van der Waals surface area (Å²) in [5, 5.41) is 9.92. The van der Waals surface area contributed by atoms with E-state index in [1.54, 1.807) is 12.3 Å². The molecule has 2 rings (SSSR count). The van der Waals surface area contributed by atoms with Gasteiger partial charge in [-0.3, -0.25) is 10.1 Å². The Hall–Kier alpha value is -3.07. The number of aromatic nitrogens is 1. The molecule has 118 valence electrons. The summed E-state index contributed by atoms with van der Waals surface area (Å²) in [7, 11) is 0. The summed E-state index contributed by atoms with van der Waals surface area (Å²) in [6, 6.07) is 7.22. The van der Waals surface area contributed by atoms with E-state index in [0.717, 1.165) is 16.3 Å². The van der Waals surface area contributed by atoms with Crippen LogP contribution in [0, 0.1) is 12.3 Å². The van der Waals surface area contributed by atoms with Gasteiger partial charge in [-0.1, -0.05) is 24.1 Å². The molecular formula is C17H18N4O2. The van der Waals surface area contributed by atoms with Gasteiger partial charge in [-0.15, -0.1) is 6.42 Å². The summed E-state index contributed by atoms with van der Waals surface area (Å²) < 4.78 is 0. The normalized spacial score (nSPS) is 9.91. The van der Waals surface area contributed by atoms with E-state index >= 15 is 0 Å². The van der Waals surface area contributed by atoms with Gasteiger partial charge in [-0.05, 0) is 23.9 Å². The maximum absolute atomic E-state index is 11.5. The average molecular weight is 310 g/mol. The van der Waals surface area contributed by atoms with E-state index in [2.05, 4.69) is 26.9 Å². The Morgan fingerprint density at radius 1 is 1.30 bits per heavy atom. The molecule has 0 spiro atoms. The van der Waals surface area contributed by atoms with Crippen LogP contribution < -0.4 is 16.0 Å². The van der Waals surface area contributed by atoms with E-state index in [1.807, 2.05) is 25.1 Å². The molecule has 2 aromatic rings. The molecule has 6 heteroatoms. The van der Waals surface area contributed by atoms with Gasteiger partial charge in [0.1, 0.15) is 5.82 Å². The molecule has 3 N–H and O–H groups in total. The summed E-state index contributed by atoms with van der Waals surface area (Å²) >= 11 is 0. The highest BCUT2D eigenvalue weighted by Crippen LogP contribution is 2.20. The highest BCUT2D eigenvalue weighted by molar-refractivity contribution is 5.92. The summed E-state index contributed by atoms with van der Waals surface area (Å²) in [6.45, 7) is 2.76. The number of rotatable bonds is 5. The Balaban J connectivity index is 2.17. The molecule has 0 saturated carbocycles. The van der Waals surface area contributed by atoms with Gasteiger partial charge in [0.15, 0.2) is 0 Å². The van der Waals surface area contributed by atoms with Crippen LogP contribution in [0.5, 0.6) is 0 Å². The van der Waals surface area contributed by atoms with E-state index < -0.39 is 0 Å².